The van der Waals surface area contributed by atoms with Gasteiger partial charge in [0.05, 0.1) is 11.7 Å². The maximum Gasteiger partial charge on any atom is 0.146 e. The number of halogens is 1. The lowest BCUT2D eigenvalue weighted by atomic mass is 10.1. The van der Waals surface area contributed by atoms with E-state index in [1.807, 2.05) is 12.1 Å². The number of nitrogens with zero attached hydrogens (tertiary/aromatic N) is 1. The quantitative estimate of drug-likeness (QED) is 0.839. The molecule has 2 nitrogen and oxygen atoms in total. The molecule has 2 atom stereocenters. The van der Waals surface area contributed by atoms with Crippen molar-refractivity contribution in [3.05, 3.63) is 29.6 Å². The summed E-state index contributed by atoms with van der Waals surface area (Å²) in [4.78, 5) is 2.11. The van der Waals surface area contributed by atoms with Crippen LogP contribution in [0.3, 0.4) is 0 Å². The standard InChI is InChI=1S/C13H17FN2S/c1-9-3-2-6-16(9)13-5-4-10(7-11(13)14)12(15)8-17/h4-5,7-9,12H,2-3,6,15H2,1H3. The third kappa shape index (κ3) is 2.48. The molecule has 2 N–H and O–H groups in total. The van der Waals surface area contributed by atoms with Gasteiger partial charge in [-0.1, -0.05) is 18.3 Å². The average Bonchev–Trinajstić information content (AvgIpc) is 2.74. The van der Waals surface area contributed by atoms with E-state index in [0.29, 0.717) is 11.7 Å². The summed E-state index contributed by atoms with van der Waals surface area (Å²) < 4.78 is 14.0. The minimum atomic E-state index is -0.371. The Morgan fingerprint density at radius 1 is 1.59 bits per heavy atom. The molecule has 17 heavy (non-hydrogen) atoms. The van der Waals surface area contributed by atoms with E-state index in [1.54, 1.807) is 0 Å². The maximum atomic E-state index is 14.0. The Labute approximate surface area is 107 Å². The molecule has 2 rings (SSSR count). The molecule has 1 aliphatic heterocycles. The molecule has 0 aliphatic carbocycles. The van der Waals surface area contributed by atoms with Gasteiger partial charge in [0, 0.05) is 18.0 Å². The van der Waals surface area contributed by atoms with Crippen LogP contribution in [0.25, 0.3) is 0 Å². The first-order valence-electron chi connectivity index (χ1n) is 5.90. The van der Waals surface area contributed by atoms with Crippen molar-refractivity contribution >= 4 is 23.3 Å². The molecule has 2 unspecified atom stereocenters. The van der Waals surface area contributed by atoms with Gasteiger partial charge in [0.25, 0.3) is 0 Å². The monoisotopic (exact) mass is 252 g/mol. The molecule has 1 heterocycles. The van der Waals surface area contributed by atoms with Crippen LogP contribution >= 0.6 is 12.2 Å². The Balaban J connectivity index is 2.28. The molecule has 4 heteroatoms. The van der Waals surface area contributed by atoms with Gasteiger partial charge in [0.2, 0.25) is 0 Å². The van der Waals surface area contributed by atoms with Crippen LogP contribution in [0.5, 0.6) is 0 Å². The third-order valence-corrected chi connectivity index (χ3v) is 3.66. The van der Waals surface area contributed by atoms with Gasteiger partial charge in [0.1, 0.15) is 5.82 Å². The largest absolute Gasteiger partial charge is 0.366 e. The molecule has 1 aromatic carbocycles. The van der Waals surface area contributed by atoms with Gasteiger partial charge in [-0.05, 0) is 37.5 Å². The van der Waals surface area contributed by atoms with Crippen LogP contribution in [0.2, 0.25) is 0 Å². The molecule has 0 saturated carbocycles. The Kier molecular flexibility index (Phi) is 3.74. The molecule has 1 aromatic rings. The second-order valence-corrected chi connectivity index (χ2v) is 4.83. The first-order chi connectivity index (χ1) is 8.13. The van der Waals surface area contributed by atoms with Crippen molar-refractivity contribution in [1.29, 1.82) is 0 Å². The smallest absolute Gasteiger partial charge is 0.146 e. The predicted molar refractivity (Wildman–Crippen MR) is 73.0 cm³/mol. The van der Waals surface area contributed by atoms with Crippen LogP contribution in [0.1, 0.15) is 31.4 Å². The fourth-order valence-electron chi connectivity index (χ4n) is 2.33. The number of rotatable bonds is 3. The van der Waals surface area contributed by atoms with Crippen molar-refractivity contribution in [3.63, 3.8) is 0 Å². The fraction of sp³-hybridized carbons (Fsp3) is 0.462. The van der Waals surface area contributed by atoms with Gasteiger partial charge in [0.15, 0.2) is 0 Å². The molecule has 1 fully saturated rings. The molecule has 92 valence electrons. The summed E-state index contributed by atoms with van der Waals surface area (Å²) >= 11 is 4.78. The third-order valence-electron chi connectivity index (χ3n) is 3.37. The van der Waals surface area contributed by atoms with E-state index in [2.05, 4.69) is 11.8 Å². The van der Waals surface area contributed by atoms with E-state index in [4.69, 9.17) is 18.0 Å². The molecule has 0 aromatic heterocycles. The highest BCUT2D eigenvalue weighted by molar-refractivity contribution is 7.79. The summed E-state index contributed by atoms with van der Waals surface area (Å²) in [6.45, 7) is 3.06. The minimum Gasteiger partial charge on any atom is -0.366 e. The molecule has 0 spiro atoms. The fourth-order valence-corrected chi connectivity index (χ4v) is 2.49. The zero-order chi connectivity index (χ0) is 12.4. The van der Waals surface area contributed by atoms with E-state index in [9.17, 15) is 4.39 Å². The van der Waals surface area contributed by atoms with E-state index in [1.165, 1.54) is 11.4 Å². The second kappa shape index (κ2) is 5.10. The minimum absolute atomic E-state index is 0.205. The van der Waals surface area contributed by atoms with Gasteiger partial charge in [-0.2, -0.15) is 0 Å². The Bertz CT molecular complexity index is 422. The maximum absolute atomic E-state index is 14.0. The van der Waals surface area contributed by atoms with Crippen molar-refractivity contribution in [2.75, 3.05) is 11.4 Å². The summed E-state index contributed by atoms with van der Waals surface area (Å²) in [5.74, 6) is -0.205. The van der Waals surface area contributed by atoms with Crippen molar-refractivity contribution < 1.29 is 4.39 Å². The zero-order valence-electron chi connectivity index (χ0n) is 9.90. The highest BCUT2D eigenvalue weighted by Crippen LogP contribution is 2.29. The average molecular weight is 252 g/mol. The van der Waals surface area contributed by atoms with Crippen LogP contribution in [-0.2, 0) is 0 Å². The number of hydrogen-bond donors (Lipinski definition) is 1. The van der Waals surface area contributed by atoms with Crippen LogP contribution < -0.4 is 10.6 Å². The topological polar surface area (TPSA) is 29.3 Å². The lowest BCUT2D eigenvalue weighted by Gasteiger charge is -2.24. The SMILES string of the molecule is CC1CCCN1c1ccc(C(N)C=S)cc1F. The normalized spacial score (nSPS) is 21.6. The highest BCUT2D eigenvalue weighted by atomic mass is 32.1. The van der Waals surface area contributed by atoms with Crippen molar-refractivity contribution in [1.82, 2.24) is 0 Å². The van der Waals surface area contributed by atoms with E-state index >= 15 is 0 Å². The highest BCUT2D eigenvalue weighted by Gasteiger charge is 2.23. The molecule has 0 amide bonds. The summed E-state index contributed by atoms with van der Waals surface area (Å²) in [6.07, 6.45) is 2.25. The second-order valence-electron chi connectivity index (χ2n) is 4.56. The Morgan fingerprint density at radius 2 is 2.35 bits per heavy atom. The van der Waals surface area contributed by atoms with Gasteiger partial charge in [-0.25, -0.2) is 4.39 Å². The number of anilines is 1. The Hall–Kier alpha value is -1.00. The Morgan fingerprint density at radius 3 is 2.88 bits per heavy atom. The van der Waals surface area contributed by atoms with Gasteiger partial charge >= 0.3 is 0 Å². The van der Waals surface area contributed by atoms with E-state index in [0.717, 1.165) is 24.9 Å². The lowest BCUT2D eigenvalue weighted by Crippen LogP contribution is -2.27. The van der Waals surface area contributed by atoms with Crippen LogP contribution in [0, 0.1) is 5.82 Å². The first-order valence-corrected chi connectivity index (χ1v) is 6.37. The summed E-state index contributed by atoms with van der Waals surface area (Å²) in [5.41, 5.74) is 7.16. The molecule has 1 saturated heterocycles. The number of benzene rings is 1. The number of hydrogen-bond acceptors (Lipinski definition) is 3. The summed E-state index contributed by atoms with van der Waals surface area (Å²) in [7, 11) is 0. The summed E-state index contributed by atoms with van der Waals surface area (Å²) in [5, 5.41) is 1.45. The first kappa shape index (κ1) is 12.5. The molecular weight excluding hydrogens is 235 g/mol. The van der Waals surface area contributed by atoms with Crippen LogP contribution in [-0.4, -0.2) is 18.0 Å². The van der Waals surface area contributed by atoms with Crippen molar-refractivity contribution in [3.8, 4) is 0 Å². The molecule has 0 radical (unpaired) electrons. The van der Waals surface area contributed by atoms with Crippen LogP contribution in [0.4, 0.5) is 10.1 Å². The zero-order valence-corrected chi connectivity index (χ0v) is 10.7. The van der Waals surface area contributed by atoms with E-state index < -0.39 is 0 Å². The van der Waals surface area contributed by atoms with E-state index in [-0.39, 0.29) is 11.9 Å². The number of nitrogens with two attached hydrogens (primary N) is 1. The molecule has 0 bridgehead atoms. The van der Waals surface area contributed by atoms with Gasteiger partial charge in [-0.3, -0.25) is 0 Å². The summed E-state index contributed by atoms with van der Waals surface area (Å²) in [6, 6.07) is 5.20. The predicted octanol–water partition coefficient (Wildman–Crippen LogP) is 2.81. The van der Waals surface area contributed by atoms with Gasteiger partial charge in [-0.15, -0.1) is 0 Å². The van der Waals surface area contributed by atoms with Crippen molar-refractivity contribution in [2.45, 2.75) is 31.8 Å². The lowest BCUT2D eigenvalue weighted by molar-refractivity contribution is 0.611. The number of thiocarbonyl (C=S) groups is 1. The van der Waals surface area contributed by atoms with Crippen LogP contribution in [0.15, 0.2) is 18.2 Å². The van der Waals surface area contributed by atoms with Gasteiger partial charge < -0.3 is 10.6 Å². The molecule has 1 aliphatic rings. The molecular formula is C13H17FN2S. The van der Waals surface area contributed by atoms with Crippen molar-refractivity contribution in [2.24, 2.45) is 5.73 Å².